The maximum Gasteiger partial charge on any atom is 0.149 e. The van der Waals surface area contributed by atoms with E-state index in [2.05, 4.69) is 20.5 Å². The molecule has 0 bridgehead atoms. The number of imidazole rings is 1. The standard InChI is InChI=1S/C19H13BrN2O/c20-15-10-6-11-16-18(15)21-19(14-9-4-5-12-17(14)23)22(16)13-7-2-1-3-8-13/h1-12,23H. The monoisotopic (exact) mass is 364 g/mol. The van der Waals surface area contributed by atoms with Gasteiger partial charge in [0, 0.05) is 10.2 Å². The first-order valence-electron chi connectivity index (χ1n) is 7.26. The maximum atomic E-state index is 10.3. The first-order chi connectivity index (χ1) is 11.3. The first-order valence-corrected chi connectivity index (χ1v) is 8.06. The highest BCUT2D eigenvalue weighted by Crippen LogP contribution is 2.35. The predicted octanol–water partition coefficient (Wildman–Crippen LogP) is 5.16. The van der Waals surface area contributed by atoms with Crippen LogP contribution in [0.15, 0.2) is 77.3 Å². The molecule has 3 nitrogen and oxygen atoms in total. The van der Waals surface area contributed by atoms with Crippen molar-refractivity contribution in [3.05, 3.63) is 77.3 Å². The average molecular weight is 365 g/mol. The molecule has 0 amide bonds. The number of rotatable bonds is 2. The normalized spacial score (nSPS) is 11.0. The highest BCUT2D eigenvalue weighted by atomic mass is 79.9. The molecule has 4 heteroatoms. The van der Waals surface area contributed by atoms with Gasteiger partial charge in [-0.1, -0.05) is 36.4 Å². The molecule has 3 aromatic carbocycles. The number of aromatic hydroxyl groups is 1. The number of halogens is 1. The Morgan fingerprint density at radius 3 is 2.35 bits per heavy atom. The SMILES string of the molecule is Oc1ccccc1-c1nc2c(Br)cccc2n1-c1ccccc1. The molecule has 112 valence electrons. The Bertz CT molecular complexity index is 993. The molecule has 0 spiro atoms. The van der Waals surface area contributed by atoms with E-state index in [4.69, 9.17) is 4.98 Å². The summed E-state index contributed by atoms with van der Waals surface area (Å²) in [5.41, 5.74) is 3.57. The number of aromatic nitrogens is 2. The summed E-state index contributed by atoms with van der Waals surface area (Å²) in [6.07, 6.45) is 0. The van der Waals surface area contributed by atoms with Gasteiger partial charge in [-0.2, -0.15) is 0 Å². The summed E-state index contributed by atoms with van der Waals surface area (Å²) < 4.78 is 3.00. The van der Waals surface area contributed by atoms with Crippen LogP contribution in [0.2, 0.25) is 0 Å². The second-order valence-corrected chi connectivity index (χ2v) is 6.09. The van der Waals surface area contributed by atoms with E-state index < -0.39 is 0 Å². The molecular formula is C19H13BrN2O. The molecule has 4 rings (SSSR count). The molecule has 1 N–H and O–H groups in total. The zero-order valence-electron chi connectivity index (χ0n) is 12.1. The lowest BCUT2D eigenvalue weighted by Gasteiger charge is -2.10. The topological polar surface area (TPSA) is 38.1 Å². The van der Waals surface area contributed by atoms with Crippen molar-refractivity contribution in [1.82, 2.24) is 9.55 Å². The van der Waals surface area contributed by atoms with Crippen LogP contribution in [0.3, 0.4) is 0 Å². The fraction of sp³-hybridized carbons (Fsp3) is 0. The summed E-state index contributed by atoms with van der Waals surface area (Å²) in [5, 5.41) is 10.3. The molecule has 0 saturated carbocycles. The Morgan fingerprint density at radius 2 is 1.57 bits per heavy atom. The van der Waals surface area contributed by atoms with Gasteiger partial charge in [-0.15, -0.1) is 0 Å². The van der Waals surface area contributed by atoms with Crippen molar-refractivity contribution in [3.63, 3.8) is 0 Å². The van der Waals surface area contributed by atoms with Crippen molar-refractivity contribution in [2.24, 2.45) is 0 Å². The second-order valence-electron chi connectivity index (χ2n) is 5.23. The van der Waals surface area contributed by atoms with Gasteiger partial charge in [0.2, 0.25) is 0 Å². The Balaban J connectivity index is 2.12. The van der Waals surface area contributed by atoms with Crippen molar-refractivity contribution < 1.29 is 5.11 Å². The van der Waals surface area contributed by atoms with Crippen molar-refractivity contribution in [2.45, 2.75) is 0 Å². The Hall–Kier alpha value is -2.59. The third-order valence-electron chi connectivity index (χ3n) is 3.80. The van der Waals surface area contributed by atoms with E-state index >= 15 is 0 Å². The third kappa shape index (κ3) is 2.32. The lowest BCUT2D eigenvalue weighted by atomic mass is 10.2. The van der Waals surface area contributed by atoms with Gasteiger partial charge in [0.1, 0.15) is 17.1 Å². The van der Waals surface area contributed by atoms with Crippen molar-refractivity contribution in [2.75, 3.05) is 0 Å². The molecule has 0 aliphatic rings. The molecule has 4 aromatic rings. The van der Waals surface area contributed by atoms with E-state index in [0.29, 0.717) is 5.56 Å². The number of phenolic OH excluding ortho intramolecular Hbond substituents is 1. The minimum absolute atomic E-state index is 0.219. The summed E-state index contributed by atoms with van der Waals surface area (Å²) in [6.45, 7) is 0. The van der Waals surface area contributed by atoms with E-state index in [1.54, 1.807) is 6.07 Å². The van der Waals surface area contributed by atoms with Crippen LogP contribution in [-0.4, -0.2) is 14.7 Å². The summed E-state index contributed by atoms with van der Waals surface area (Å²) in [7, 11) is 0. The minimum atomic E-state index is 0.219. The molecule has 1 aromatic heterocycles. The van der Waals surface area contributed by atoms with Gasteiger partial charge in [-0.05, 0) is 52.3 Å². The molecule has 1 heterocycles. The smallest absolute Gasteiger partial charge is 0.149 e. The van der Waals surface area contributed by atoms with Crippen LogP contribution in [0.1, 0.15) is 0 Å². The van der Waals surface area contributed by atoms with Crippen LogP contribution in [0.25, 0.3) is 28.1 Å². The molecule has 0 saturated heterocycles. The molecule has 0 aliphatic heterocycles. The predicted molar refractivity (Wildman–Crippen MR) is 95.9 cm³/mol. The van der Waals surface area contributed by atoms with Crippen molar-refractivity contribution in [1.29, 1.82) is 0 Å². The fourth-order valence-electron chi connectivity index (χ4n) is 2.75. The molecule has 0 fully saturated rings. The lowest BCUT2D eigenvalue weighted by molar-refractivity contribution is 0.477. The number of phenols is 1. The largest absolute Gasteiger partial charge is 0.507 e. The zero-order chi connectivity index (χ0) is 15.8. The van der Waals surface area contributed by atoms with Gasteiger partial charge in [-0.25, -0.2) is 4.98 Å². The van der Waals surface area contributed by atoms with Gasteiger partial charge >= 0.3 is 0 Å². The van der Waals surface area contributed by atoms with Crippen LogP contribution < -0.4 is 0 Å². The maximum absolute atomic E-state index is 10.3. The van der Waals surface area contributed by atoms with Gasteiger partial charge in [0.25, 0.3) is 0 Å². The quantitative estimate of drug-likeness (QED) is 0.533. The van der Waals surface area contributed by atoms with E-state index in [-0.39, 0.29) is 5.75 Å². The fourth-order valence-corrected chi connectivity index (χ4v) is 3.19. The summed E-state index contributed by atoms with van der Waals surface area (Å²) >= 11 is 3.57. The molecule has 0 aliphatic carbocycles. The molecule has 0 atom stereocenters. The van der Waals surface area contributed by atoms with Crippen LogP contribution >= 0.6 is 15.9 Å². The summed E-state index contributed by atoms with van der Waals surface area (Å²) in [4.78, 5) is 4.78. The van der Waals surface area contributed by atoms with Crippen molar-refractivity contribution in [3.8, 4) is 22.8 Å². The van der Waals surface area contributed by atoms with E-state index in [1.165, 1.54) is 0 Å². The number of fused-ring (bicyclic) bond motifs is 1. The number of hydrogen-bond acceptors (Lipinski definition) is 2. The third-order valence-corrected chi connectivity index (χ3v) is 4.44. The molecular weight excluding hydrogens is 352 g/mol. The van der Waals surface area contributed by atoms with Crippen molar-refractivity contribution >= 4 is 27.0 Å². The Labute approximate surface area is 142 Å². The van der Waals surface area contributed by atoms with Crippen LogP contribution in [-0.2, 0) is 0 Å². The van der Waals surface area contributed by atoms with Crippen LogP contribution in [0.4, 0.5) is 0 Å². The van der Waals surface area contributed by atoms with E-state index in [1.807, 2.05) is 66.7 Å². The van der Waals surface area contributed by atoms with Gasteiger partial charge in [-0.3, -0.25) is 4.57 Å². The zero-order valence-corrected chi connectivity index (χ0v) is 13.7. The number of benzene rings is 3. The molecule has 23 heavy (non-hydrogen) atoms. The summed E-state index contributed by atoms with van der Waals surface area (Å²) in [5.74, 6) is 0.937. The van der Waals surface area contributed by atoms with E-state index in [9.17, 15) is 5.11 Å². The molecule has 0 radical (unpaired) electrons. The number of hydrogen-bond donors (Lipinski definition) is 1. The lowest BCUT2D eigenvalue weighted by Crippen LogP contribution is -1.97. The molecule has 0 unspecified atom stereocenters. The first kappa shape index (κ1) is 14.0. The Kier molecular flexibility index (Phi) is 3.39. The Morgan fingerprint density at radius 1 is 0.826 bits per heavy atom. The van der Waals surface area contributed by atoms with E-state index in [0.717, 1.165) is 27.0 Å². The van der Waals surface area contributed by atoms with Crippen LogP contribution in [0.5, 0.6) is 5.75 Å². The highest BCUT2D eigenvalue weighted by molar-refractivity contribution is 9.10. The summed E-state index contributed by atoms with van der Waals surface area (Å²) in [6, 6.07) is 23.3. The van der Waals surface area contributed by atoms with Crippen LogP contribution in [0, 0.1) is 0 Å². The minimum Gasteiger partial charge on any atom is -0.507 e. The van der Waals surface area contributed by atoms with Gasteiger partial charge < -0.3 is 5.11 Å². The average Bonchev–Trinajstić information content (AvgIpc) is 2.97. The van der Waals surface area contributed by atoms with Gasteiger partial charge in [0.15, 0.2) is 0 Å². The van der Waals surface area contributed by atoms with Gasteiger partial charge in [0.05, 0.1) is 11.1 Å². The number of nitrogens with zero attached hydrogens (tertiary/aromatic N) is 2. The second kappa shape index (κ2) is 5.56. The number of para-hydroxylation sites is 3. The highest BCUT2D eigenvalue weighted by Gasteiger charge is 2.17.